The topological polar surface area (TPSA) is 29.5 Å². The van der Waals surface area contributed by atoms with Crippen molar-refractivity contribution in [2.24, 2.45) is 0 Å². The highest BCUT2D eigenvalue weighted by molar-refractivity contribution is 5.81. The minimum atomic E-state index is 0.124. The van der Waals surface area contributed by atoms with Crippen molar-refractivity contribution in [1.29, 1.82) is 0 Å². The van der Waals surface area contributed by atoms with Gasteiger partial charge in [-0.25, -0.2) is 0 Å². The SMILES string of the molecule is C=C(CC)C1=CCOC1CC/C(=C/c1cccc(O)c1)c1ccccc1. The molecule has 0 saturated heterocycles. The molecular formula is C24H26O2. The number of hydrogen-bond donors (Lipinski definition) is 1. The lowest BCUT2D eigenvalue weighted by atomic mass is 9.93. The van der Waals surface area contributed by atoms with Crippen molar-refractivity contribution >= 4 is 11.6 Å². The summed E-state index contributed by atoms with van der Waals surface area (Å²) in [4.78, 5) is 0. The largest absolute Gasteiger partial charge is 0.508 e. The highest BCUT2D eigenvalue weighted by Crippen LogP contribution is 2.31. The molecule has 0 bridgehead atoms. The molecule has 1 unspecified atom stereocenters. The first kappa shape index (κ1) is 18.2. The summed E-state index contributed by atoms with van der Waals surface area (Å²) >= 11 is 0. The first-order valence-electron chi connectivity index (χ1n) is 9.22. The van der Waals surface area contributed by atoms with Gasteiger partial charge in [0, 0.05) is 0 Å². The molecule has 1 N–H and O–H groups in total. The van der Waals surface area contributed by atoms with E-state index in [1.165, 1.54) is 22.3 Å². The van der Waals surface area contributed by atoms with E-state index in [0.717, 1.165) is 24.8 Å². The van der Waals surface area contributed by atoms with Crippen LogP contribution in [0.3, 0.4) is 0 Å². The maximum absolute atomic E-state index is 9.76. The van der Waals surface area contributed by atoms with Crippen LogP contribution in [-0.4, -0.2) is 17.8 Å². The van der Waals surface area contributed by atoms with Crippen LogP contribution in [0, 0.1) is 0 Å². The third-order valence-electron chi connectivity index (χ3n) is 4.81. The summed E-state index contributed by atoms with van der Waals surface area (Å²) in [5.74, 6) is 0.287. The van der Waals surface area contributed by atoms with Gasteiger partial charge in [0.2, 0.25) is 0 Å². The van der Waals surface area contributed by atoms with Crippen LogP contribution in [0.1, 0.15) is 37.3 Å². The van der Waals surface area contributed by atoms with Gasteiger partial charge in [-0.2, -0.15) is 0 Å². The second-order valence-corrected chi connectivity index (χ2v) is 6.61. The predicted molar refractivity (Wildman–Crippen MR) is 109 cm³/mol. The molecule has 26 heavy (non-hydrogen) atoms. The third-order valence-corrected chi connectivity index (χ3v) is 4.81. The Kier molecular flexibility index (Phi) is 6.08. The zero-order valence-corrected chi connectivity index (χ0v) is 15.3. The van der Waals surface area contributed by atoms with Gasteiger partial charge < -0.3 is 9.84 Å². The predicted octanol–water partition coefficient (Wildman–Crippen LogP) is 6.00. The Bertz CT molecular complexity index is 815. The number of allylic oxidation sites excluding steroid dienone is 1. The van der Waals surface area contributed by atoms with Gasteiger partial charge in [-0.15, -0.1) is 0 Å². The Morgan fingerprint density at radius 2 is 2.00 bits per heavy atom. The van der Waals surface area contributed by atoms with E-state index in [0.29, 0.717) is 6.61 Å². The maximum Gasteiger partial charge on any atom is 0.116 e. The van der Waals surface area contributed by atoms with Crippen LogP contribution in [0.5, 0.6) is 5.75 Å². The monoisotopic (exact) mass is 346 g/mol. The average Bonchev–Trinajstić information content (AvgIpc) is 3.14. The number of phenolic OH excluding ortho intramolecular Hbond substituents is 1. The van der Waals surface area contributed by atoms with Crippen molar-refractivity contribution in [3.8, 4) is 5.75 Å². The Labute approximate surface area is 156 Å². The first-order valence-corrected chi connectivity index (χ1v) is 9.22. The maximum atomic E-state index is 9.76. The summed E-state index contributed by atoms with van der Waals surface area (Å²) in [7, 11) is 0. The molecule has 0 radical (unpaired) electrons. The van der Waals surface area contributed by atoms with Crippen molar-refractivity contribution in [2.45, 2.75) is 32.3 Å². The second-order valence-electron chi connectivity index (χ2n) is 6.61. The minimum absolute atomic E-state index is 0.124. The molecule has 0 amide bonds. The highest BCUT2D eigenvalue weighted by Gasteiger charge is 2.21. The van der Waals surface area contributed by atoms with Crippen LogP contribution < -0.4 is 0 Å². The van der Waals surface area contributed by atoms with Crippen molar-refractivity contribution < 1.29 is 9.84 Å². The Hall–Kier alpha value is -2.58. The fourth-order valence-electron chi connectivity index (χ4n) is 3.34. The van der Waals surface area contributed by atoms with Gasteiger partial charge in [0.1, 0.15) is 5.75 Å². The molecule has 1 heterocycles. The molecule has 2 aromatic rings. The lowest BCUT2D eigenvalue weighted by Gasteiger charge is -2.17. The summed E-state index contributed by atoms with van der Waals surface area (Å²) in [6.07, 6.45) is 7.22. The van der Waals surface area contributed by atoms with Crippen molar-refractivity contribution in [3.63, 3.8) is 0 Å². The molecule has 3 rings (SSSR count). The zero-order chi connectivity index (χ0) is 18.4. The van der Waals surface area contributed by atoms with E-state index < -0.39 is 0 Å². The van der Waals surface area contributed by atoms with Gasteiger partial charge in [0.15, 0.2) is 0 Å². The smallest absolute Gasteiger partial charge is 0.116 e. The van der Waals surface area contributed by atoms with E-state index in [4.69, 9.17) is 4.74 Å². The zero-order valence-electron chi connectivity index (χ0n) is 15.3. The fourth-order valence-corrected chi connectivity index (χ4v) is 3.34. The van der Waals surface area contributed by atoms with Gasteiger partial charge in [0.05, 0.1) is 12.7 Å². The van der Waals surface area contributed by atoms with Crippen LogP contribution >= 0.6 is 0 Å². The molecule has 0 aliphatic carbocycles. The van der Waals surface area contributed by atoms with Crippen molar-refractivity contribution in [2.75, 3.05) is 6.61 Å². The number of phenols is 1. The van der Waals surface area contributed by atoms with Crippen LogP contribution in [0.2, 0.25) is 0 Å². The highest BCUT2D eigenvalue weighted by atomic mass is 16.5. The van der Waals surface area contributed by atoms with E-state index >= 15 is 0 Å². The van der Waals surface area contributed by atoms with Crippen molar-refractivity contribution in [3.05, 3.63) is 89.5 Å². The molecular weight excluding hydrogens is 320 g/mol. The Morgan fingerprint density at radius 3 is 2.73 bits per heavy atom. The van der Waals surface area contributed by atoms with Crippen LogP contribution in [0.4, 0.5) is 0 Å². The van der Waals surface area contributed by atoms with E-state index in [1.807, 2.05) is 18.2 Å². The minimum Gasteiger partial charge on any atom is -0.508 e. The summed E-state index contributed by atoms with van der Waals surface area (Å²) in [6.45, 7) is 6.99. The first-order chi connectivity index (χ1) is 12.7. The van der Waals surface area contributed by atoms with Crippen LogP contribution in [0.25, 0.3) is 11.6 Å². The fraction of sp³-hybridized carbons (Fsp3) is 0.250. The molecule has 0 aromatic heterocycles. The lowest BCUT2D eigenvalue weighted by molar-refractivity contribution is 0.117. The van der Waals surface area contributed by atoms with E-state index in [2.05, 4.69) is 49.9 Å². The lowest BCUT2D eigenvalue weighted by Crippen LogP contribution is -2.11. The summed E-state index contributed by atoms with van der Waals surface area (Å²) in [5.41, 5.74) is 5.88. The van der Waals surface area contributed by atoms with Crippen molar-refractivity contribution in [1.82, 2.24) is 0 Å². The number of aromatic hydroxyl groups is 1. The normalized spacial score (nSPS) is 17.2. The summed E-state index contributed by atoms with van der Waals surface area (Å²) < 4.78 is 5.92. The Morgan fingerprint density at radius 1 is 1.19 bits per heavy atom. The Balaban J connectivity index is 1.81. The quantitative estimate of drug-likeness (QED) is 0.623. The molecule has 2 aromatic carbocycles. The van der Waals surface area contributed by atoms with E-state index in [-0.39, 0.29) is 11.9 Å². The second kappa shape index (κ2) is 8.68. The van der Waals surface area contributed by atoms with Gasteiger partial charge in [-0.3, -0.25) is 0 Å². The number of ether oxygens (including phenoxy) is 1. The van der Waals surface area contributed by atoms with E-state index in [1.54, 1.807) is 12.1 Å². The number of hydrogen-bond acceptors (Lipinski definition) is 2. The molecule has 134 valence electrons. The molecule has 0 spiro atoms. The summed E-state index contributed by atoms with van der Waals surface area (Å²) in [6, 6.07) is 17.8. The molecule has 1 aliphatic rings. The van der Waals surface area contributed by atoms with E-state index in [9.17, 15) is 5.11 Å². The van der Waals surface area contributed by atoms with Crippen LogP contribution in [0.15, 0.2) is 78.4 Å². The molecule has 2 nitrogen and oxygen atoms in total. The van der Waals surface area contributed by atoms with Gasteiger partial charge in [0.25, 0.3) is 0 Å². The standard InChI is InChI=1S/C24H26O2/c1-3-18(2)23-14-15-26-24(23)13-12-21(20-9-5-4-6-10-20)16-19-8-7-11-22(25)17-19/h4-11,14,16-17,24-25H,2-3,12-13,15H2,1H3/b21-16-. The summed E-state index contributed by atoms with van der Waals surface area (Å²) in [5, 5.41) is 9.76. The molecule has 1 aliphatic heterocycles. The molecule has 0 saturated carbocycles. The number of rotatable bonds is 7. The molecule has 1 atom stereocenters. The van der Waals surface area contributed by atoms with Gasteiger partial charge in [-0.05, 0) is 59.2 Å². The average molecular weight is 346 g/mol. The molecule has 2 heteroatoms. The third kappa shape index (κ3) is 4.53. The van der Waals surface area contributed by atoms with Crippen LogP contribution in [-0.2, 0) is 4.74 Å². The van der Waals surface area contributed by atoms with Gasteiger partial charge in [-0.1, -0.05) is 68.1 Å². The number of benzene rings is 2. The van der Waals surface area contributed by atoms with Gasteiger partial charge >= 0.3 is 0 Å². The molecule has 0 fully saturated rings.